The van der Waals surface area contributed by atoms with Crippen molar-refractivity contribution in [1.82, 2.24) is 9.97 Å². The van der Waals surface area contributed by atoms with E-state index in [0.29, 0.717) is 22.3 Å². The highest BCUT2D eigenvalue weighted by Gasteiger charge is 2.14. The van der Waals surface area contributed by atoms with Gasteiger partial charge in [0.05, 0.1) is 10.6 Å². The zero-order chi connectivity index (χ0) is 20.8. The number of carbonyl (C=O) groups excluding carboxylic acids is 1. The van der Waals surface area contributed by atoms with Gasteiger partial charge in [-0.05, 0) is 54.7 Å². The molecule has 7 heteroatoms. The van der Waals surface area contributed by atoms with Crippen molar-refractivity contribution in [3.8, 4) is 11.1 Å². The summed E-state index contributed by atoms with van der Waals surface area (Å²) in [5.41, 5.74) is 3.27. The quantitative estimate of drug-likeness (QED) is 0.591. The molecule has 0 spiro atoms. The van der Waals surface area contributed by atoms with Gasteiger partial charge in [0.25, 0.3) is 5.91 Å². The van der Waals surface area contributed by atoms with Crippen LogP contribution in [0.4, 0.5) is 11.5 Å². The number of halogens is 1. The molecule has 6 nitrogen and oxygen atoms in total. The van der Waals surface area contributed by atoms with E-state index >= 15 is 0 Å². The van der Waals surface area contributed by atoms with Crippen LogP contribution >= 0.6 is 11.6 Å². The first-order valence-corrected chi connectivity index (χ1v) is 10.4. The summed E-state index contributed by atoms with van der Waals surface area (Å²) < 4.78 is 5.43. The second kappa shape index (κ2) is 9.69. The number of aromatic nitrogens is 2. The molecule has 30 heavy (non-hydrogen) atoms. The third-order valence-corrected chi connectivity index (χ3v) is 5.43. The second-order valence-corrected chi connectivity index (χ2v) is 7.67. The van der Waals surface area contributed by atoms with Gasteiger partial charge in [-0.2, -0.15) is 0 Å². The number of rotatable bonds is 6. The zero-order valence-corrected chi connectivity index (χ0v) is 17.2. The van der Waals surface area contributed by atoms with E-state index in [1.54, 1.807) is 30.6 Å². The van der Waals surface area contributed by atoms with Crippen LogP contribution in [0.3, 0.4) is 0 Å². The van der Waals surface area contributed by atoms with E-state index in [9.17, 15) is 4.79 Å². The van der Waals surface area contributed by atoms with Crippen LogP contribution in [0, 0.1) is 5.92 Å². The lowest BCUT2D eigenvalue weighted by molar-refractivity contribution is 0.0699. The Bertz CT molecular complexity index is 1010. The van der Waals surface area contributed by atoms with Crippen molar-refractivity contribution in [3.05, 3.63) is 71.6 Å². The number of benzene rings is 1. The minimum Gasteiger partial charge on any atom is -0.385 e. The molecule has 1 fully saturated rings. The Hall–Kier alpha value is -2.96. The molecule has 1 aliphatic rings. The monoisotopic (exact) mass is 422 g/mol. The van der Waals surface area contributed by atoms with Crippen molar-refractivity contribution in [2.45, 2.75) is 12.8 Å². The van der Waals surface area contributed by atoms with Crippen LogP contribution < -0.4 is 10.6 Å². The van der Waals surface area contributed by atoms with Crippen LogP contribution in [0.5, 0.6) is 0 Å². The lowest BCUT2D eigenvalue weighted by Crippen LogP contribution is -2.22. The predicted octanol–water partition coefficient (Wildman–Crippen LogP) is 4.89. The Morgan fingerprint density at radius 1 is 1.13 bits per heavy atom. The van der Waals surface area contributed by atoms with Crippen LogP contribution in [0.2, 0.25) is 5.02 Å². The number of hydrogen-bond acceptors (Lipinski definition) is 5. The lowest BCUT2D eigenvalue weighted by atomic mass is 10.00. The summed E-state index contributed by atoms with van der Waals surface area (Å²) in [7, 11) is 0. The number of ether oxygens (including phenoxy) is 1. The first kappa shape index (κ1) is 20.3. The molecule has 1 aromatic carbocycles. The molecular weight excluding hydrogens is 400 g/mol. The Balaban J connectivity index is 1.49. The van der Waals surface area contributed by atoms with E-state index in [1.807, 2.05) is 18.2 Å². The normalized spacial score (nSPS) is 14.3. The first-order chi connectivity index (χ1) is 14.7. The van der Waals surface area contributed by atoms with Crippen LogP contribution in [-0.4, -0.2) is 35.6 Å². The fourth-order valence-corrected chi connectivity index (χ4v) is 3.64. The molecule has 2 N–H and O–H groups in total. The van der Waals surface area contributed by atoms with E-state index < -0.39 is 0 Å². The molecule has 1 saturated heterocycles. The number of nitrogens with zero attached hydrogens (tertiary/aromatic N) is 2. The molecule has 0 bridgehead atoms. The molecule has 0 radical (unpaired) electrons. The standard InChI is InChI=1S/C23H23ClN4O2/c24-21-15-27-22(28-23(29)18-4-2-8-25-14-18)12-20(21)17-3-1-5-19(11-17)26-13-16-6-9-30-10-7-16/h1-5,8,11-12,14-16,26H,6-7,9-10,13H2,(H,27,28,29). The van der Waals surface area contributed by atoms with Crippen LogP contribution in [0.25, 0.3) is 11.1 Å². The summed E-state index contributed by atoms with van der Waals surface area (Å²) in [4.78, 5) is 20.6. The van der Waals surface area contributed by atoms with E-state index in [4.69, 9.17) is 16.3 Å². The highest BCUT2D eigenvalue weighted by molar-refractivity contribution is 6.33. The summed E-state index contributed by atoms with van der Waals surface area (Å²) >= 11 is 6.42. The van der Waals surface area contributed by atoms with Crippen molar-refractivity contribution in [1.29, 1.82) is 0 Å². The molecule has 0 saturated carbocycles. The van der Waals surface area contributed by atoms with E-state index in [1.165, 1.54) is 6.20 Å². The smallest absolute Gasteiger partial charge is 0.258 e. The molecule has 0 unspecified atom stereocenters. The topological polar surface area (TPSA) is 76.1 Å². The highest BCUT2D eigenvalue weighted by Crippen LogP contribution is 2.31. The summed E-state index contributed by atoms with van der Waals surface area (Å²) in [5.74, 6) is 0.792. The number of amides is 1. The maximum Gasteiger partial charge on any atom is 0.258 e. The molecule has 0 aliphatic carbocycles. The van der Waals surface area contributed by atoms with Gasteiger partial charge in [0.15, 0.2) is 0 Å². The van der Waals surface area contributed by atoms with Crippen molar-refractivity contribution in [3.63, 3.8) is 0 Å². The molecule has 3 aromatic rings. The molecule has 1 aliphatic heterocycles. The maximum atomic E-state index is 12.4. The van der Waals surface area contributed by atoms with Gasteiger partial charge in [-0.3, -0.25) is 9.78 Å². The van der Waals surface area contributed by atoms with Gasteiger partial charge in [0, 0.05) is 49.6 Å². The van der Waals surface area contributed by atoms with Gasteiger partial charge < -0.3 is 15.4 Å². The van der Waals surface area contributed by atoms with Gasteiger partial charge >= 0.3 is 0 Å². The number of hydrogen-bond donors (Lipinski definition) is 2. The first-order valence-electron chi connectivity index (χ1n) is 9.98. The molecule has 2 aromatic heterocycles. The second-order valence-electron chi connectivity index (χ2n) is 7.26. The number of nitrogens with one attached hydrogen (secondary N) is 2. The molecule has 154 valence electrons. The van der Waals surface area contributed by atoms with E-state index in [-0.39, 0.29) is 5.91 Å². The van der Waals surface area contributed by atoms with Gasteiger partial charge in [-0.1, -0.05) is 23.7 Å². The van der Waals surface area contributed by atoms with Gasteiger partial charge in [0.1, 0.15) is 5.82 Å². The fraction of sp³-hybridized carbons (Fsp3) is 0.261. The van der Waals surface area contributed by atoms with Gasteiger partial charge in [0.2, 0.25) is 0 Å². The maximum absolute atomic E-state index is 12.4. The minimum absolute atomic E-state index is 0.268. The van der Waals surface area contributed by atoms with Crippen molar-refractivity contribution in [2.24, 2.45) is 5.92 Å². The summed E-state index contributed by atoms with van der Waals surface area (Å²) in [6.07, 6.45) is 6.86. The Kier molecular flexibility index (Phi) is 6.57. The lowest BCUT2D eigenvalue weighted by Gasteiger charge is -2.22. The van der Waals surface area contributed by atoms with Gasteiger partial charge in [-0.25, -0.2) is 4.98 Å². The van der Waals surface area contributed by atoms with Crippen LogP contribution in [0.15, 0.2) is 61.1 Å². The third kappa shape index (κ3) is 5.14. The molecule has 0 atom stereocenters. The Labute approximate surface area is 180 Å². The van der Waals surface area contributed by atoms with E-state index in [2.05, 4.69) is 26.7 Å². The van der Waals surface area contributed by atoms with E-state index in [0.717, 1.165) is 49.4 Å². The number of carbonyl (C=O) groups is 1. The van der Waals surface area contributed by atoms with Crippen LogP contribution in [-0.2, 0) is 4.74 Å². The van der Waals surface area contributed by atoms with Crippen molar-refractivity contribution in [2.75, 3.05) is 30.4 Å². The summed E-state index contributed by atoms with van der Waals surface area (Å²) in [6, 6.07) is 13.3. The Morgan fingerprint density at radius 2 is 2.00 bits per heavy atom. The average Bonchev–Trinajstić information content (AvgIpc) is 2.80. The summed E-state index contributed by atoms with van der Waals surface area (Å²) in [6.45, 7) is 2.60. The highest BCUT2D eigenvalue weighted by atomic mass is 35.5. The van der Waals surface area contributed by atoms with Gasteiger partial charge in [-0.15, -0.1) is 0 Å². The van der Waals surface area contributed by atoms with Crippen molar-refractivity contribution < 1.29 is 9.53 Å². The zero-order valence-electron chi connectivity index (χ0n) is 16.5. The number of pyridine rings is 2. The largest absolute Gasteiger partial charge is 0.385 e. The minimum atomic E-state index is -0.268. The number of anilines is 2. The third-order valence-electron chi connectivity index (χ3n) is 5.13. The SMILES string of the molecule is O=C(Nc1cc(-c2cccc(NCC3CCOCC3)c2)c(Cl)cn1)c1cccnc1. The summed E-state index contributed by atoms with van der Waals surface area (Å²) in [5, 5.41) is 6.85. The predicted molar refractivity (Wildman–Crippen MR) is 119 cm³/mol. The van der Waals surface area contributed by atoms with Crippen molar-refractivity contribution >= 4 is 29.0 Å². The Morgan fingerprint density at radius 3 is 2.80 bits per heavy atom. The molecular formula is C23H23ClN4O2. The fourth-order valence-electron chi connectivity index (χ4n) is 3.42. The molecule has 3 heterocycles. The molecule has 1 amide bonds. The van der Waals surface area contributed by atoms with Crippen LogP contribution in [0.1, 0.15) is 23.2 Å². The molecule has 4 rings (SSSR count). The average molecular weight is 423 g/mol.